The molecule has 3 N–H and O–H groups in total. The number of aromatic nitrogens is 1. The van der Waals surface area contributed by atoms with Gasteiger partial charge in [-0.3, -0.25) is 4.72 Å². The summed E-state index contributed by atoms with van der Waals surface area (Å²) in [6.07, 6.45) is 2.03. The number of hydrogen-bond acceptors (Lipinski definition) is 4. The Kier molecular flexibility index (Phi) is 4.26. The lowest BCUT2D eigenvalue weighted by Gasteiger charge is -2.15. The molecule has 1 aromatic heterocycles. The third kappa shape index (κ3) is 2.93. The number of rotatable bonds is 5. The highest BCUT2D eigenvalue weighted by atomic mass is 32.2. The van der Waals surface area contributed by atoms with Crippen molar-refractivity contribution in [3.63, 3.8) is 0 Å². The molecule has 1 rings (SSSR count). The predicted octanol–water partition coefficient (Wildman–Crippen LogP) is 0.869. The summed E-state index contributed by atoms with van der Waals surface area (Å²) in [6, 6.07) is 3.56. The number of aryl methyl sites for hydroxylation is 1. The van der Waals surface area contributed by atoms with Crippen molar-refractivity contribution in [1.29, 1.82) is 0 Å². The van der Waals surface area contributed by atoms with Gasteiger partial charge in [0.05, 0.1) is 5.25 Å². The number of anilines is 1. The summed E-state index contributed by atoms with van der Waals surface area (Å²) in [5.41, 5.74) is 6.21. The number of nitrogens with one attached hydrogen (secondary N) is 1. The minimum Gasteiger partial charge on any atom is -0.329 e. The van der Waals surface area contributed by atoms with Crippen LogP contribution in [0.3, 0.4) is 0 Å². The summed E-state index contributed by atoms with van der Waals surface area (Å²) < 4.78 is 26.2. The Morgan fingerprint density at radius 3 is 2.75 bits per heavy atom. The summed E-state index contributed by atoms with van der Waals surface area (Å²) >= 11 is 0. The van der Waals surface area contributed by atoms with Crippen LogP contribution in [0, 0.1) is 6.92 Å². The van der Waals surface area contributed by atoms with Crippen molar-refractivity contribution in [1.82, 2.24) is 4.98 Å². The van der Waals surface area contributed by atoms with Crippen LogP contribution in [0.25, 0.3) is 0 Å². The van der Waals surface area contributed by atoms with Crippen LogP contribution in [0.5, 0.6) is 0 Å². The number of nitrogens with zero attached hydrogens (tertiary/aromatic N) is 1. The zero-order chi connectivity index (χ0) is 12.2. The fourth-order valence-electron chi connectivity index (χ4n) is 1.32. The van der Waals surface area contributed by atoms with E-state index < -0.39 is 15.3 Å². The van der Waals surface area contributed by atoms with Crippen LogP contribution in [-0.4, -0.2) is 25.2 Å². The van der Waals surface area contributed by atoms with E-state index in [4.69, 9.17) is 5.73 Å². The summed E-state index contributed by atoms with van der Waals surface area (Å²) in [5, 5.41) is -0.575. The van der Waals surface area contributed by atoms with Gasteiger partial charge < -0.3 is 5.73 Å². The van der Waals surface area contributed by atoms with Gasteiger partial charge in [-0.05, 0) is 25.0 Å². The zero-order valence-electron chi connectivity index (χ0n) is 9.47. The Morgan fingerprint density at radius 1 is 1.56 bits per heavy atom. The number of pyridine rings is 1. The first-order chi connectivity index (χ1) is 7.51. The van der Waals surface area contributed by atoms with Gasteiger partial charge in [-0.2, -0.15) is 0 Å². The highest BCUT2D eigenvalue weighted by Gasteiger charge is 2.22. The van der Waals surface area contributed by atoms with Crippen LogP contribution in [0.1, 0.15) is 18.9 Å². The molecule has 0 saturated carbocycles. The molecular formula is C10H17N3O2S. The van der Waals surface area contributed by atoms with Crippen molar-refractivity contribution >= 4 is 15.8 Å². The maximum absolute atomic E-state index is 11.9. The van der Waals surface area contributed by atoms with E-state index in [0.29, 0.717) is 12.2 Å². The quantitative estimate of drug-likeness (QED) is 0.803. The lowest BCUT2D eigenvalue weighted by molar-refractivity contribution is 0.581. The summed E-state index contributed by atoms with van der Waals surface area (Å²) in [7, 11) is -3.44. The van der Waals surface area contributed by atoms with Crippen molar-refractivity contribution < 1.29 is 8.42 Å². The SMILES string of the molecule is CCC(CN)S(=O)(=O)Nc1ncccc1C. The Hall–Kier alpha value is -1.14. The van der Waals surface area contributed by atoms with E-state index >= 15 is 0 Å². The average Bonchev–Trinajstić information content (AvgIpc) is 2.22. The van der Waals surface area contributed by atoms with Gasteiger partial charge in [0, 0.05) is 12.7 Å². The van der Waals surface area contributed by atoms with Gasteiger partial charge in [-0.25, -0.2) is 13.4 Å². The molecule has 0 aliphatic carbocycles. The van der Waals surface area contributed by atoms with Crippen molar-refractivity contribution in [2.75, 3.05) is 11.3 Å². The number of sulfonamides is 1. The van der Waals surface area contributed by atoms with E-state index in [2.05, 4.69) is 9.71 Å². The third-order valence-electron chi connectivity index (χ3n) is 2.41. The molecule has 1 atom stereocenters. The molecule has 0 aromatic carbocycles. The predicted molar refractivity (Wildman–Crippen MR) is 64.6 cm³/mol. The van der Waals surface area contributed by atoms with Gasteiger partial charge in [-0.15, -0.1) is 0 Å². The smallest absolute Gasteiger partial charge is 0.238 e. The highest BCUT2D eigenvalue weighted by molar-refractivity contribution is 7.93. The van der Waals surface area contributed by atoms with E-state index in [9.17, 15) is 8.42 Å². The zero-order valence-corrected chi connectivity index (χ0v) is 10.3. The molecule has 16 heavy (non-hydrogen) atoms. The summed E-state index contributed by atoms with van der Waals surface area (Å²) in [4.78, 5) is 3.98. The first-order valence-corrected chi connectivity index (χ1v) is 6.69. The molecule has 0 aliphatic rings. The maximum Gasteiger partial charge on any atom is 0.238 e. The van der Waals surface area contributed by atoms with Crippen LogP contribution in [0.4, 0.5) is 5.82 Å². The van der Waals surface area contributed by atoms with E-state index in [1.165, 1.54) is 0 Å². The minimum atomic E-state index is -3.44. The molecule has 0 spiro atoms. The first-order valence-electron chi connectivity index (χ1n) is 5.14. The van der Waals surface area contributed by atoms with E-state index in [0.717, 1.165) is 5.56 Å². The standard InChI is InChI=1S/C10H17N3O2S/c1-3-9(7-11)16(14,15)13-10-8(2)5-4-6-12-10/h4-6,9H,3,7,11H2,1-2H3,(H,12,13). The van der Waals surface area contributed by atoms with Gasteiger partial charge in [0.25, 0.3) is 0 Å². The van der Waals surface area contributed by atoms with Crippen LogP contribution < -0.4 is 10.5 Å². The van der Waals surface area contributed by atoms with E-state index in [1.807, 2.05) is 0 Å². The number of hydrogen-bond donors (Lipinski definition) is 2. The molecule has 0 bridgehead atoms. The molecule has 90 valence electrons. The van der Waals surface area contributed by atoms with Crippen LogP contribution in [-0.2, 0) is 10.0 Å². The lowest BCUT2D eigenvalue weighted by atomic mass is 10.3. The Balaban J connectivity index is 2.93. The topological polar surface area (TPSA) is 85.1 Å². The van der Waals surface area contributed by atoms with Crippen molar-refractivity contribution in [2.45, 2.75) is 25.5 Å². The van der Waals surface area contributed by atoms with Crippen LogP contribution >= 0.6 is 0 Å². The Bertz CT molecular complexity index is 441. The molecule has 0 aliphatic heterocycles. The fourth-order valence-corrected chi connectivity index (χ4v) is 2.67. The van der Waals surface area contributed by atoms with E-state index in [-0.39, 0.29) is 6.54 Å². The summed E-state index contributed by atoms with van der Waals surface area (Å²) in [5.74, 6) is 0.370. The first kappa shape index (κ1) is 12.9. The second kappa shape index (κ2) is 5.27. The molecular weight excluding hydrogens is 226 g/mol. The molecule has 1 unspecified atom stereocenters. The van der Waals surface area contributed by atoms with Crippen molar-refractivity contribution in [3.8, 4) is 0 Å². The molecule has 0 fully saturated rings. The van der Waals surface area contributed by atoms with Gasteiger partial charge in [0.1, 0.15) is 5.82 Å². The van der Waals surface area contributed by atoms with E-state index in [1.54, 1.807) is 32.2 Å². The monoisotopic (exact) mass is 243 g/mol. The van der Waals surface area contributed by atoms with Crippen LogP contribution in [0.2, 0.25) is 0 Å². The lowest BCUT2D eigenvalue weighted by Crippen LogP contribution is -2.34. The Morgan fingerprint density at radius 2 is 2.25 bits per heavy atom. The Labute approximate surface area is 96.1 Å². The van der Waals surface area contributed by atoms with Gasteiger partial charge in [0.2, 0.25) is 10.0 Å². The molecule has 1 heterocycles. The second-order valence-corrected chi connectivity index (χ2v) is 5.54. The largest absolute Gasteiger partial charge is 0.329 e. The molecule has 0 amide bonds. The molecule has 1 aromatic rings. The molecule has 6 heteroatoms. The number of nitrogens with two attached hydrogens (primary N) is 1. The molecule has 0 radical (unpaired) electrons. The van der Waals surface area contributed by atoms with Gasteiger partial charge >= 0.3 is 0 Å². The highest BCUT2D eigenvalue weighted by Crippen LogP contribution is 2.14. The van der Waals surface area contributed by atoms with Crippen molar-refractivity contribution in [3.05, 3.63) is 23.9 Å². The van der Waals surface area contributed by atoms with Gasteiger partial charge in [-0.1, -0.05) is 13.0 Å². The molecule has 5 nitrogen and oxygen atoms in total. The van der Waals surface area contributed by atoms with Crippen molar-refractivity contribution in [2.24, 2.45) is 5.73 Å². The molecule has 0 saturated heterocycles. The third-order valence-corrected chi connectivity index (χ3v) is 4.29. The van der Waals surface area contributed by atoms with Gasteiger partial charge in [0.15, 0.2) is 0 Å². The summed E-state index contributed by atoms with van der Waals surface area (Å²) in [6.45, 7) is 3.70. The minimum absolute atomic E-state index is 0.109. The second-order valence-electron chi connectivity index (χ2n) is 3.58. The van der Waals surface area contributed by atoms with Crippen LogP contribution in [0.15, 0.2) is 18.3 Å². The fraction of sp³-hybridized carbons (Fsp3) is 0.500. The average molecular weight is 243 g/mol. The maximum atomic E-state index is 11.9. The normalized spacial score (nSPS) is 13.4.